The van der Waals surface area contributed by atoms with Gasteiger partial charge in [0, 0.05) is 18.3 Å². The van der Waals surface area contributed by atoms with Crippen LogP contribution in [-0.2, 0) is 16.6 Å². The summed E-state index contributed by atoms with van der Waals surface area (Å²) in [6, 6.07) is 7.40. The summed E-state index contributed by atoms with van der Waals surface area (Å²) in [6.45, 7) is 4.30. The molecule has 1 saturated carbocycles. The second-order valence-corrected chi connectivity index (χ2v) is 8.00. The van der Waals surface area contributed by atoms with Crippen LogP contribution in [0.2, 0.25) is 0 Å². The van der Waals surface area contributed by atoms with Gasteiger partial charge >= 0.3 is 0 Å². The molecule has 1 aliphatic rings. The molecule has 0 amide bonds. The van der Waals surface area contributed by atoms with E-state index >= 15 is 0 Å². The zero-order valence-electron chi connectivity index (χ0n) is 12.2. The Morgan fingerprint density at radius 1 is 1.20 bits per heavy atom. The lowest BCUT2D eigenvalue weighted by atomic mass is 10.2. The molecule has 5 heteroatoms. The predicted molar refractivity (Wildman–Crippen MR) is 82.7 cm³/mol. The minimum absolute atomic E-state index is 0.0295. The van der Waals surface area contributed by atoms with Crippen LogP contribution in [0.4, 0.5) is 5.69 Å². The van der Waals surface area contributed by atoms with Crippen LogP contribution in [0.1, 0.15) is 45.1 Å². The number of nitrogens with two attached hydrogens (primary N) is 1. The summed E-state index contributed by atoms with van der Waals surface area (Å²) >= 11 is 0. The van der Waals surface area contributed by atoms with E-state index in [9.17, 15) is 8.42 Å². The molecule has 1 aromatic carbocycles. The molecule has 1 aromatic rings. The van der Waals surface area contributed by atoms with E-state index in [2.05, 4.69) is 0 Å². The highest BCUT2D eigenvalue weighted by Gasteiger charge is 2.35. The van der Waals surface area contributed by atoms with Gasteiger partial charge in [-0.2, -0.15) is 4.31 Å². The Morgan fingerprint density at radius 3 is 2.25 bits per heavy atom. The zero-order valence-corrected chi connectivity index (χ0v) is 13.1. The van der Waals surface area contributed by atoms with Gasteiger partial charge in [-0.15, -0.1) is 0 Å². The van der Waals surface area contributed by atoms with Crippen molar-refractivity contribution in [3.8, 4) is 0 Å². The van der Waals surface area contributed by atoms with E-state index in [-0.39, 0.29) is 11.3 Å². The molecular formula is C15H24N2O2S. The molecule has 20 heavy (non-hydrogen) atoms. The molecule has 2 N–H and O–H groups in total. The van der Waals surface area contributed by atoms with Gasteiger partial charge in [-0.1, -0.05) is 25.0 Å². The maximum atomic E-state index is 12.7. The van der Waals surface area contributed by atoms with Crippen molar-refractivity contribution in [3.63, 3.8) is 0 Å². The van der Waals surface area contributed by atoms with Gasteiger partial charge in [-0.25, -0.2) is 8.42 Å². The summed E-state index contributed by atoms with van der Waals surface area (Å²) in [5, 5.41) is -0.196. The highest BCUT2D eigenvalue weighted by atomic mass is 32.2. The summed E-state index contributed by atoms with van der Waals surface area (Å²) in [6.07, 6.45) is 3.65. The first kappa shape index (κ1) is 15.3. The Hall–Kier alpha value is -1.07. The van der Waals surface area contributed by atoms with Crippen molar-refractivity contribution in [2.75, 3.05) is 5.73 Å². The van der Waals surface area contributed by atoms with Gasteiger partial charge < -0.3 is 5.73 Å². The molecule has 0 heterocycles. The van der Waals surface area contributed by atoms with E-state index in [4.69, 9.17) is 5.73 Å². The third-order valence-corrected chi connectivity index (χ3v) is 6.46. The van der Waals surface area contributed by atoms with Crippen molar-refractivity contribution in [2.45, 2.75) is 57.4 Å². The van der Waals surface area contributed by atoms with Crippen LogP contribution >= 0.6 is 0 Å². The second kappa shape index (κ2) is 6.14. The summed E-state index contributed by atoms with van der Waals surface area (Å²) in [7, 11) is -3.21. The molecule has 0 aromatic heterocycles. The smallest absolute Gasteiger partial charge is 0.217 e. The number of benzene rings is 1. The molecule has 1 aliphatic carbocycles. The zero-order chi connectivity index (χ0) is 14.8. The topological polar surface area (TPSA) is 63.4 Å². The minimum atomic E-state index is -3.21. The molecule has 0 atom stereocenters. The summed E-state index contributed by atoms with van der Waals surface area (Å²) < 4.78 is 27.1. The van der Waals surface area contributed by atoms with Crippen molar-refractivity contribution in [3.05, 3.63) is 29.8 Å². The van der Waals surface area contributed by atoms with Crippen LogP contribution in [0, 0.1) is 0 Å². The van der Waals surface area contributed by atoms with Crippen molar-refractivity contribution in [1.29, 1.82) is 0 Å². The molecule has 4 nitrogen and oxygen atoms in total. The first-order chi connectivity index (χ1) is 9.41. The Morgan fingerprint density at radius 2 is 1.75 bits per heavy atom. The van der Waals surface area contributed by atoms with Gasteiger partial charge in [0.25, 0.3) is 0 Å². The van der Waals surface area contributed by atoms with Gasteiger partial charge in [0.15, 0.2) is 0 Å². The maximum absolute atomic E-state index is 12.7. The SMILES string of the molecule is CC(C)N(Cc1ccc(N)cc1)S(=O)(=O)C1CCCC1. The number of rotatable bonds is 5. The normalized spacial score (nSPS) is 17.2. The first-order valence-corrected chi connectivity index (χ1v) is 8.76. The Kier molecular flexibility index (Phi) is 4.70. The third-order valence-electron chi connectivity index (χ3n) is 3.94. The van der Waals surface area contributed by atoms with Crippen LogP contribution in [0.25, 0.3) is 0 Å². The fourth-order valence-electron chi connectivity index (χ4n) is 2.75. The van der Waals surface area contributed by atoms with Gasteiger partial charge in [0.2, 0.25) is 10.0 Å². The Bertz CT molecular complexity index is 531. The molecule has 0 unspecified atom stereocenters. The summed E-state index contributed by atoms with van der Waals surface area (Å²) in [5.41, 5.74) is 7.35. The standard InChI is InChI=1S/C15H24N2O2S/c1-12(2)17(11-13-7-9-14(16)10-8-13)20(18,19)15-5-3-4-6-15/h7-10,12,15H,3-6,11,16H2,1-2H3. The molecule has 112 valence electrons. The monoisotopic (exact) mass is 296 g/mol. The summed E-state index contributed by atoms with van der Waals surface area (Å²) in [4.78, 5) is 0. The number of nitrogens with zero attached hydrogens (tertiary/aromatic N) is 1. The first-order valence-electron chi connectivity index (χ1n) is 7.26. The predicted octanol–water partition coefficient (Wildman–Crippen LogP) is 2.75. The van der Waals surface area contributed by atoms with Gasteiger partial charge in [-0.05, 0) is 44.4 Å². The number of nitrogen functional groups attached to an aromatic ring is 1. The van der Waals surface area contributed by atoms with Gasteiger partial charge in [0.1, 0.15) is 0 Å². The van der Waals surface area contributed by atoms with Crippen LogP contribution < -0.4 is 5.73 Å². The Balaban J connectivity index is 2.20. The van der Waals surface area contributed by atoms with Crippen LogP contribution in [0.15, 0.2) is 24.3 Å². The average molecular weight is 296 g/mol. The molecule has 0 radical (unpaired) electrons. The molecule has 0 saturated heterocycles. The quantitative estimate of drug-likeness (QED) is 0.850. The maximum Gasteiger partial charge on any atom is 0.217 e. The van der Waals surface area contributed by atoms with Gasteiger partial charge in [0.05, 0.1) is 5.25 Å². The van der Waals surface area contributed by atoms with Crippen molar-refractivity contribution in [2.24, 2.45) is 0 Å². The molecule has 2 rings (SSSR count). The highest BCUT2D eigenvalue weighted by molar-refractivity contribution is 7.89. The average Bonchev–Trinajstić information content (AvgIpc) is 2.92. The minimum Gasteiger partial charge on any atom is -0.399 e. The number of hydrogen-bond donors (Lipinski definition) is 1. The molecule has 0 bridgehead atoms. The number of anilines is 1. The van der Waals surface area contributed by atoms with Crippen molar-refractivity contribution in [1.82, 2.24) is 4.31 Å². The fourth-order valence-corrected chi connectivity index (χ4v) is 4.98. The largest absolute Gasteiger partial charge is 0.399 e. The summed E-state index contributed by atoms with van der Waals surface area (Å²) in [5.74, 6) is 0. The molecule has 0 aliphatic heterocycles. The lowest BCUT2D eigenvalue weighted by Gasteiger charge is -2.29. The van der Waals surface area contributed by atoms with E-state index in [1.54, 1.807) is 4.31 Å². The van der Waals surface area contributed by atoms with Crippen molar-refractivity contribution < 1.29 is 8.42 Å². The van der Waals surface area contributed by atoms with E-state index in [0.29, 0.717) is 12.2 Å². The van der Waals surface area contributed by atoms with Crippen molar-refractivity contribution >= 4 is 15.7 Å². The molecule has 0 spiro atoms. The second-order valence-electron chi connectivity index (χ2n) is 5.83. The number of hydrogen-bond acceptors (Lipinski definition) is 3. The number of sulfonamides is 1. The fraction of sp³-hybridized carbons (Fsp3) is 0.600. The van der Waals surface area contributed by atoms with E-state index < -0.39 is 10.0 Å². The van der Waals surface area contributed by atoms with E-state index in [0.717, 1.165) is 31.2 Å². The van der Waals surface area contributed by atoms with Crippen LogP contribution in [0.3, 0.4) is 0 Å². The third kappa shape index (κ3) is 3.33. The van der Waals surface area contributed by atoms with Crippen LogP contribution in [0.5, 0.6) is 0 Å². The lowest BCUT2D eigenvalue weighted by molar-refractivity contribution is 0.342. The Labute approximate surface area is 122 Å². The lowest BCUT2D eigenvalue weighted by Crippen LogP contribution is -2.41. The highest BCUT2D eigenvalue weighted by Crippen LogP contribution is 2.29. The molecule has 1 fully saturated rings. The van der Waals surface area contributed by atoms with E-state index in [1.165, 1.54) is 0 Å². The van der Waals surface area contributed by atoms with Crippen LogP contribution in [-0.4, -0.2) is 24.0 Å². The van der Waals surface area contributed by atoms with Gasteiger partial charge in [-0.3, -0.25) is 0 Å². The van der Waals surface area contributed by atoms with E-state index in [1.807, 2.05) is 38.1 Å². The molecular weight excluding hydrogens is 272 g/mol.